The molecule has 22 heavy (non-hydrogen) atoms. The summed E-state index contributed by atoms with van der Waals surface area (Å²) in [6.07, 6.45) is 4.55. The Bertz CT molecular complexity index is 664. The molecule has 0 saturated carbocycles. The quantitative estimate of drug-likeness (QED) is 0.862. The molecule has 118 valence electrons. The summed E-state index contributed by atoms with van der Waals surface area (Å²) in [5, 5.41) is 0. The molecule has 0 radical (unpaired) electrons. The van der Waals surface area contributed by atoms with E-state index in [9.17, 15) is 4.79 Å². The van der Waals surface area contributed by atoms with Crippen molar-refractivity contribution in [1.82, 2.24) is 24.3 Å². The standard InChI is InChI=1S/C15H21N5OS/c1-4-11-13(22-10-17-11)15(21)20-8-7-18(2)12(9-20)14-16-5-6-19(14)3/h5-6,10,12H,4,7-9H2,1-3H3/t12-/m1/s1. The van der Waals surface area contributed by atoms with Crippen LogP contribution >= 0.6 is 11.3 Å². The molecular formula is C15H21N5OS. The number of hydrogen-bond acceptors (Lipinski definition) is 5. The van der Waals surface area contributed by atoms with Crippen molar-refractivity contribution in [2.75, 3.05) is 26.7 Å². The van der Waals surface area contributed by atoms with Gasteiger partial charge in [0.25, 0.3) is 5.91 Å². The van der Waals surface area contributed by atoms with Crippen LogP contribution in [0.3, 0.4) is 0 Å². The van der Waals surface area contributed by atoms with Crippen molar-refractivity contribution >= 4 is 17.2 Å². The molecule has 1 atom stereocenters. The average molecular weight is 319 g/mol. The van der Waals surface area contributed by atoms with Crippen molar-refractivity contribution in [1.29, 1.82) is 0 Å². The van der Waals surface area contributed by atoms with Gasteiger partial charge in [0.1, 0.15) is 10.7 Å². The molecular weight excluding hydrogens is 298 g/mol. The molecule has 1 fully saturated rings. The normalized spacial score (nSPS) is 19.6. The van der Waals surface area contributed by atoms with Crippen LogP contribution < -0.4 is 0 Å². The molecule has 0 N–H and O–H groups in total. The summed E-state index contributed by atoms with van der Waals surface area (Å²) in [6.45, 7) is 4.30. The van der Waals surface area contributed by atoms with Crippen LogP contribution in [-0.2, 0) is 13.5 Å². The summed E-state index contributed by atoms with van der Waals surface area (Å²) in [5.74, 6) is 1.10. The Morgan fingerprint density at radius 3 is 2.86 bits per heavy atom. The maximum Gasteiger partial charge on any atom is 0.265 e. The van der Waals surface area contributed by atoms with Crippen LogP contribution in [0, 0.1) is 0 Å². The van der Waals surface area contributed by atoms with E-state index in [1.807, 2.05) is 35.8 Å². The number of carbonyl (C=O) groups excluding carboxylic acids is 1. The summed E-state index contributed by atoms with van der Waals surface area (Å²) >= 11 is 1.44. The van der Waals surface area contributed by atoms with Crippen LogP contribution in [-0.4, -0.2) is 56.9 Å². The second-order valence-corrected chi connectivity index (χ2v) is 6.48. The van der Waals surface area contributed by atoms with E-state index in [2.05, 4.69) is 21.9 Å². The maximum atomic E-state index is 12.8. The van der Waals surface area contributed by atoms with Gasteiger partial charge >= 0.3 is 0 Å². The fraction of sp³-hybridized carbons (Fsp3) is 0.533. The smallest absolute Gasteiger partial charge is 0.265 e. The number of nitrogens with zero attached hydrogens (tertiary/aromatic N) is 5. The second kappa shape index (κ2) is 6.18. The van der Waals surface area contributed by atoms with Crippen molar-refractivity contribution in [3.05, 3.63) is 34.3 Å². The molecule has 1 saturated heterocycles. The second-order valence-electron chi connectivity index (χ2n) is 5.63. The van der Waals surface area contributed by atoms with Gasteiger partial charge in [-0.25, -0.2) is 9.97 Å². The lowest BCUT2D eigenvalue weighted by Gasteiger charge is -2.38. The lowest BCUT2D eigenvalue weighted by molar-refractivity contribution is 0.0532. The van der Waals surface area contributed by atoms with Gasteiger partial charge in [-0.3, -0.25) is 9.69 Å². The topological polar surface area (TPSA) is 54.3 Å². The molecule has 2 aromatic rings. The molecule has 1 amide bonds. The zero-order valence-corrected chi connectivity index (χ0v) is 14.0. The zero-order valence-electron chi connectivity index (χ0n) is 13.2. The Labute approximate surface area is 134 Å². The highest BCUT2D eigenvalue weighted by Crippen LogP contribution is 2.25. The third-order valence-corrected chi connectivity index (χ3v) is 5.12. The SMILES string of the molecule is CCc1ncsc1C(=O)N1CCN(C)[C@@H](c2nccn2C)C1. The highest BCUT2D eigenvalue weighted by atomic mass is 32.1. The number of thiazole rings is 1. The molecule has 0 spiro atoms. The lowest BCUT2D eigenvalue weighted by atomic mass is 10.1. The number of carbonyl (C=O) groups is 1. The molecule has 3 rings (SSSR count). The number of aryl methyl sites for hydroxylation is 2. The summed E-state index contributed by atoms with van der Waals surface area (Å²) in [7, 11) is 4.08. The van der Waals surface area contributed by atoms with Crippen molar-refractivity contribution in [2.45, 2.75) is 19.4 Å². The number of likely N-dealkylation sites (N-methyl/N-ethyl adjacent to an activating group) is 1. The van der Waals surface area contributed by atoms with Crippen molar-refractivity contribution < 1.29 is 4.79 Å². The van der Waals surface area contributed by atoms with E-state index in [1.165, 1.54) is 11.3 Å². The molecule has 1 aliphatic heterocycles. The van der Waals surface area contributed by atoms with E-state index in [4.69, 9.17) is 0 Å². The van der Waals surface area contributed by atoms with Crippen LogP contribution in [0.1, 0.15) is 34.2 Å². The number of rotatable bonds is 3. The van der Waals surface area contributed by atoms with Gasteiger partial charge in [-0.1, -0.05) is 6.92 Å². The predicted octanol–water partition coefficient (Wildman–Crippen LogP) is 1.57. The third-order valence-electron chi connectivity index (χ3n) is 4.26. The van der Waals surface area contributed by atoms with Crippen molar-refractivity contribution in [3.8, 4) is 0 Å². The number of aromatic nitrogens is 3. The zero-order chi connectivity index (χ0) is 15.7. The first-order valence-electron chi connectivity index (χ1n) is 7.51. The van der Waals surface area contributed by atoms with Crippen LogP contribution in [0.2, 0.25) is 0 Å². The van der Waals surface area contributed by atoms with E-state index in [1.54, 1.807) is 5.51 Å². The van der Waals surface area contributed by atoms with Crippen LogP contribution in [0.15, 0.2) is 17.9 Å². The number of imidazole rings is 1. The maximum absolute atomic E-state index is 12.8. The first-order valence-corrected chi connectivity index (χ1v) is 8.38. The Morgan fingerprint density at radius 2 is 2.18 bits per heavy atom. The lowest BCUT2D eigenvalue weighted by Crippen LogP contribution is -2.49. The molecule has 0 unspecified atom stereocenters. The van der Waals surface area contributed by atoms with E-state index in [0.717, 1.165) is 35.9 Å². The first-order chi connectivity index (χ1) is 10.6. The highest BCUT2D eigenvalue weighted by molar-refractivity contribution is 7.11. The average Bonchev–Trinajstić information content (AvgIpc) is 3.15. The van der Waals surface area contributed by atoms with E-state index in [-0.39, 0.29) is 11.9 Å². The molecule has 2 aromatic heterocycles. The minimum Gasteiger partial charge on any atom is -0.337 e. The summed E-state index contributed by atoms with van der Waals surface area (Å²) in [6, 6.07) is 0.135. The van der Waals surface area contributed by atoms with E-state index in [0.29, 0.717) is 6.54 Å². The van der Waals surface area contributed by atoms with Gasteiger partial charge in [-0.05, 0) is 13.5 Å². The predicted molar refractivity (Wildman–Crippen MR) is 86.0 cm³/mol. The Hall–Kier alpha value is -1.73. The van der Waals surface area contributed by atoms with Crippen LogP contribution in [0.4, 0.5) is 0 Å². The van der Waals surface area contributed by atoms with Crippen LogP contribution in [0.25, 0.3) is 0 Å². The fourth-order valence-electron chi connectivity index (χ4n) is 2.87. The summed E-state index contributed by atoms with van der Waals surface area (Å²) in [4.78, 5) is 26.5. The molecule has 6 nitrogen and oxygen atoms in total. The van der Waals surface area contributed by atoms with Gasteiger partial charge in [0, 0.05) is 39.1 Å². The minimum absolute atomic E-state index is 0.103. The molecule has 0 aromatic carbocycles. The van der Waals surface area contributed by atoms with Gasteiger partial charge in [0.2, 0.25) is 0 Å². The minimum atomic E-state index is 0.103. The van der Waals surface area contributed by atoms with Gasteiger partial charge < -0.3 is 9.47 Å². The highest BCUT2D eigenvalue weighted by Gasteiger charge is 2.32. The van der Waals surface area contributed by atoms with Gasteiger partial charge in [-0.15, -0.1) is 11.3 Å². The number of amides is 1. The molecule has 0 aliphatic carbocycles. The van der Waals surface area contributed by atoms with E-state index < -0.39 is 0 Å². The first kappa shape index (κ1) is 15.2. The van der Waals surface area contributed by atoms with Crippen molar-refractivity contribution in [3.63, 3.8) is 0 Å². The monoisotopic (exact) mass is 319 g/mol. The van der Waals surface area contributed by atoms with E-state index >= 15 is 0 Å². The van der Waals surface area contributed by atoms with Gasteiger partial charge in [0.15, 0.2) is 0 Å². The Morgan fingerprint density at radius 1 is 1.36 bits per heavy atom. The molecule has 7 heteroatoms. The molecule has 1 aliphatic rings. The van der Waals surface area contributed by atoms with Gasteiger partial charge in [0.05, 0.1) is 17.2 Å². The largest absolute Gasteiger partial charge is 0.337 e. The Balaban J connectivity index is 1.81. The molecule has 0 bridgehead atoms. The Kier molecular flexibility index (Phi) is 4.26. The van der Waals surface area contributed by atoms with Crippen LogP contribution in [0.5, 0.6) is 0 Å². The molecule has 3 heterocycles. The van der Waals surface area contributed by atoms with Crippen molar-refractivity contribution in [2.24, 2.45) is 7.05 Å². The summed E-state index contributed by atoms with van der Waals surface area (Å²) in [5.41, 5.74) is 2.67. The fourth-order valence-corrected chi connectivity index (χ4v) is 3.72. The third kappa shape index (κ3) is 2.66. The summed E-state index contributed by atoms with van der Waals surface area (Å²) < 4.78 is 2.03. The number of piperazine rings is 1. The number of hydrogen-bond donors (Lipinski definition) is 0. The van der Waals surface area contributed by atoms with Gasteiger partial charge in [-0.2, -0.15) is 0 Å².